The molecule has 0 atom stereocenters. The average Bonchev–Trinajstić information content (AvgIpc) is 3.24. The van der Waals surface area contributed by atoms with E-state index in [0.717, 1.165) is 24.3 Å². The Bertz CT molecular complexity index is 780. The van der Waals surface area contributed by atoms with Gasteiger partial charge in [0, 0.05) is 10.7 Å². The highest BCUT2D eigenvalue weighted by Gasteiger charge is 2.17. The van der Waals surface area contributed by atoms with Crippen molar-refractivity contribution in [1.82, 2.24) is 0 Å². The van der Waals surface area contributed by atoms with Gasteiger partial charge in [-0.3, -0.25) is 4.79 Å². The normalized spacial score (nSPS) is 11.0. The number of thiophene rings is 2. The molecule has 25 heavy (non-hydrogen) atoms. The number of carbonyl (C=O) groups is 1. The Morgan fingerprint density at radius 2 is 1.72 bits per heavy atom. The number of amides is 1. The predicted octanol–water partition coefficient (Wildman–Crippen LogP) is 4.00. The second-order valence-corrected chi connectivity index (χ2v) is 8.45. The molecule has 0 saturated carbocycles. The van der Waals surface area contributed by atoms with Crippen LogP contribution in [0.15, 0.2) is 53.2 Å². The summed E-state index contributed by atoms with van der Waals surface area (Å²) in [5.41, 5.74) is 1.79. The van der Waals surface area contributed by atoms with E-state index in [4.69, 9.17) is 11.6 Å². The number of hydrogen-bond acceptors (Lipinski definition) is 3. The summed E-state index contributed by atoms with van der Waals surface area (Å²) in [5.74, 6) is 0.0218. The van der Waals surface area contributed by atoms with Crippen molar-refractivity contribution in [2.24, 2.45) is 0 Å². The average molecular weight is 392 g/mol. The van der Waals surface area contributed by atoms with E-state index < -0.39 is 0 Å². The third kappa shape index (κ3) is 5.41. The van der Waals surface area contributed by atoms with E-state index in [2.05, 4.69) is 40.3 Å². The molecule has 3 aromatic rings. The van der Waals surface area contributed by atoms with Crippen LogP contribution in [0.1, 0.15) is 15.3 Å². The molecule has 0 spiro atoms. The summed E-state index contributed by atoms with van der Waals surface area (Å²) < 4.78 is 0. The van der Waals surface area contributed by atoms with Crippen LogP contribution in [-0.4, -0.2) is 12.5 Å². The first-order chi connectivity index (χ1) is 12.1. The number of rotatable bonds is 7. The molecule has 3 nitrogen and oxygen atoms in total. The monoisotopic (exact) mass is 391 g/mol. The molecule has 0 aliphatic carbocycles. The van der Waals surface area contributed by atoms with Crippen LogP contribution in [0.4, 0.5) is 5.69 Å². The molecule has 1 amide bonds. The summed E-state index contributed by atoms with van der Waals surface area (Å²) >= 11 is 9.45. The Kier molecular flexibility index (Phi) is 6.26. The van der Waals surface area contributed by atoms with Crippen LogP contribution >= 0.6 is 34.3 Å². The lowest BCUT2D eigenvalue weighted by Crippen LogP contribution is -3.10. The van der Waals surface area contributed by atoms with E-state index in [1.54, 1.807) is 28.7 Å². The van der Waals surface area contributed by atoms with Gasteiger partial charge in [-0.05, 0) is 53.6 Å². The quantitative estimate of drug-likeness (QED) is 0.627. The van der Waals surface area contributed by atoms with Gasteiger partial charge >= 0.3 is 0 Å². The molecule has 0 unspecified atom stereocenters. The van der Waals surface area contributed by atoms with E-state index in [1.165, 1.54) is 14.7 Å². The zero-order chi connectivity index (χ0) is 17.6. The number of quaternary nitrogens is 1. The van der Waals surface area contributed by atoms with Crippen LogP contribution in [0.5, 0.6) is 0 Å². The molecule has 0 radical (unpaired) electrons. The fraction of sp³-hybridized carbons (Fsp3) is 0.211. The molecule has 130 valence electrons. The van der Waals surface area contributed by atoms with Crippen LogP contribution in [0, 0.1) is 6.92 Å². The highest BCUT2D eigenvalue weighted by molar-refractivity contribution is 7.10. The maximum atomic E-state index is 12.6. The van der Waals surface area contributed by atoms with E-state index >= 15 is 0 Å². The number of nitrogens with one attached hydrogen (secondary N) is 2. The standard InChI is InChI=1S/C19H19ClN2OS2/c1-14-10-15(20)6-7-18(14)21-19(23)13-22(11-16-4-2-8-24-16)12-17-5-3-9-25-17/h2-10H,11-13H2,1H3,(H,21,23)/p+1. The molecule has 0 aliphatic rings. The van der Waals surface area contributed by atoms with Crippen molar-refractivity contribution in [3.8, 4) is 0 Å². The Labute approximate surface area is 160 Å². The van der Waals surface area contributed by atoms with Crippen molar-refractivity contribution in [2.75, 3.05) is 11.9 Å². The number of hydrogen-bond donors (Lipinski definition) is 2. The first-order valence-corrected chi connectivity index (χ1v) is 10.2. The van der Waals surface area contributed by atoms with Gasteiger partial charge in [0.25, 0.3) is 5.91 Å². The fourth-order valence-electron chi connectivity index (χ4n) is 2.70. The number of benzene rings is 1. The summed E-state index contributed by atoms with van der Waals surface area (Å²) in [5, 5.41) is 7.85. The summed E-state index contributed by atoms with van der Waals surface area (Å²) in [4.78, 5) is 16.4. The Balaban J connectivity index is 1.66. The maximum absolute atomic E-state index is 12.6. The van der Waals surface area contributed by atoms with E-state index in [9.17, 15) is 4.79 Å². The molecular weight excluding hydrogens is 372 g/mol. The number of carbonyl (C=O) groups excluding carboxylic acids is 1. The van der Waals surface area contributed by atoms with Crippen molar-refractivity contribution in [3.63, 3.8) is 0 Å². The van der Waals surface area contributed by atoms with Gasteiger partial charge in [-0.15, -0.1) is 22.7 Å². The second-order valence-electron chi connectivity index (χ2n) is 5.95. The smallest absolute Gasteiger partial charge is 0.279 e. The SMILES string of the molecule is Cc1cc(Cl)ccc1NC(=O)C[NH+](Cc1cccs1)Cc1cccs1. The highest BCUT2D eigenvalue weighted by Crippen LogP contribution is 2.19. The minimum absolute atomic E-state index is 0.0218. The van der Waals surface area contributed by atoms with Crippen LogP contribution in [-0.2, 0) is 17.9 Å². The molecule has 3 rings (SSSR count). The Morgan fingerprint density at radius 3 is 2.24 bits per heavy atom. The van der Waals surface area contributed by atoms with Crippen LogP contribution < -0.4 is 10.2 Å². The van der Waals surface area contributed by atoms with Crippen molar-refractivity contribution >= 4 is 45.9 Å². The molecule has 6 heteroatoms. The Morgan fingerprint density at radius 1 is 1.08 bits per heavy atom. The second kappa shape index (κ2) is 8.63. The molecule has 0 aliphatic heterocycles. The summed E-state index contributed by atoms with van der Waals surface area (Å²) in [6, 6.07) is 13.9. The summed E-state index contributed by atoms with van der Waals surface area (Å²) in [6.45, 7) is 4.08. The topological polar surface area (TPSA) is 33.5 Å². The zero-order valence-electron chi connectivity index (χ0n) is 13.9. The van der Waals surface area contributed by atoms with Crippen molar-refractivity contribution in [3.05, 3.63) is 73.6 Å². The van der Waals surface area contributed by atoms with Crippen LogP contribution in [0.2, 0.25) is 5.02 Å². The summed E-state index contributed by atoms with van der Waals surface area (Å²) in [6.07, 6.45) is 0. The lowest BCUT2D eigenvalue weighted by Gasteiger charge is -2.18. The van der Waals surface area contributed by atoms with Gasteiger partial charge in [0.05, 0.1) is 9.75 Å². The van der Waals surface area contributed by atoms with Crippen molar-refractivity contribution in [2.45, 2.75) is 20.0 Å². The largest absolute Gasteiger partial charge is 0.321 e. The van der Waals surface area contributed by atoms with Gasteiger partial charge in [0.15, 0.2) is 6.54 Å². The van der Waals surface area contributed by atoms with Gasteiger partial charge in [0.2, 0.25) is 0 Å². The zero-order valence-corrected chi connectivity index (χ0v) is 16.3. The molecule has 1 aromatic carbocycles. The molecule has 0 fully saturated rings. The maximum Gasteiger partial charge on any atom is 0.279 e. The molecule has 0 saturated heterocycles. The number of anilines is 1. The molecule has 0 bridgehead atoms. The summed E-state index contributed by atoms with van der Waals surface area (Å²) in [7, 11) is 0. The van der Waals surface area contributed by atoms with Gasteiger partial charge in [0.1, 0.15) is 13.1 Å². The molecule has 2 heterocycles. The Hall–Kier alpha value is -1.66. The fourth-order valence-corrected chi connectivity index (χ4v) is 4.48. The van der Waals surface area contributed by atoms with E-state index in [-0.39, 0.29) is 5.91 Å². The van der Waals surface area contributed by atoms with E-state index in [1.807, 2.05) is 19.1 Å². The minimum Gasteiger partial charge on any atom is -0.321 e. The number of aryl methyl sites for hydroxylation is 1. The first-order valence-electron chi connectivity index (χ1n) is 8.04. The third-order valence-corrected chi connectivity index (χ3v) is 5.87. The highest BCUT2D eigenvalue weighted by atomic mass is 35.5. The third-order valence-electron chi connectivity index (χ3n) is 3.88. The lowest BCUT2D eigenvalue weighted by atomic mass is 10.2. The van der Waals surface area contributed by atoms with E-state index in [0.29, 0.717) is 11.6 Å². The van der Waals surface area contributed by atoms with Crippen molar-refractivity contribution in [1.29, 1.82) is 0 Å². The first kappa shape index (κ1) is 18.1. The van der Waals surface area contributed by atoms with Gasteiger partial charge in [-0.25, -0.2) is 0 Å². The van der Waals surface area contributed by atoms with Crippen LogP contribution in [0.3, 0.4) is 0 Å². The van der Waals surface area contributed by atoms with Gasteiger partial charge in [-0.2, -0.15) is 0 Å². The lowest BCUT2D eigenvalue weighted by molar-refractivity contribution is -0.918. The predicted molar refractivity (Wildman–Crippen MR) is 107 cm³/mol. The molecule has 2 N–H and O–H groups in total. The van der Waals surface area contributed by atoms with Crippen LogP contribution in [0.25, 0.3) is 0 Å². The number of halogens is 1. The van der Waals surface area contributed by atoms with Gasteiger partial charge in [-0.1, -0.05) is 23.7 Å². The van der Waals surface area contributed by atoms with Gasteiger partial charge < -0.3 is 10.2 Å². The molecule has 2 aromatic heterocycles. The molecular formula is C19H20ClN2OS2+. The minimum atomic E-state index is 0.0218. The van der Waals surface area contributed by atoms with Crippen molar-refractivity contribution < 1.29 is 9.69 Å².